The number of amides is 3. The summed E-state index contributed by atoms with van der Waals surface area (Å²) in [6.07, 6.45) is 2.95. The minimum Gasteiger partial charge on any atom is -0.467 e. The van der Waals surface area contributed by atoms with Gasteiger partial charge in [0.1, 0.15) is 11.8 Å². The zero-order chi connectivity index (χ0) is 18.5. The summed E-state index contributed by atoms with van der Waals surface area (Å²) in [6.45, 7) is 2.59. The average molecular weight is 355 g/mol. The summed E-state index contributed by atoms with van der Waals surface area (Å²) in [5.74, 6) is 0.104. The van der Waals surface area contributed by atoms with E-state index in [2.05, 4.69) is 10.6 Å². The van der Waals surface area contributed by atoms with Gasteiger partial charge in [-0.15, -0.1) is 0 Å². The maximum Gasteiger partial charge on any atom is 0.251 e. The average Bonchev–Trinajstić information content (AvgIpc) is 3.31. The molecule has 1 fully saturated rings. The first-order valence-corrected chi connectivity index (χ1v) is 8.56. The van der Waals surface area contributed by atoms with Gasteiger partial charge in [0, 0.05) is 24.2 Å². The van der Waals surface area contributed by atoms with Crippen molar-refractivity contribution in [3.63, 3.8) is 0 Å². The summed E-state index contributed by atoms with van der Waals surface area (Å²) in [5, 5.41) is 5.36. The molecule has 1 unspecified atom stereocenters. The predicted molar refractivity (Wildman–Crippen MR) is 95.5 cm³/mol. The van der Waals surface area contributed by atoms with E-state index in [4.69, 9.17) is 4.42 Å². The van der Waals surface area contributed by atoms with Crippen molar-refractivity contribution in [2.75, 3.05) is 11.4 Å². The van der Waals surface area contributed by atoms with Crippen LogP contribution in [-0.2, 0) is 16.1 Å². The number of hydrogen-bond acceptors (Lipinski definition) is 4. The van der Waals surface area contributed by atoms with Gasteiger partial charge in [0.2, 0.25) is 11.8 Å². The van der Waals surface area contributed by atoms with Crippen molar-refractivity contribution in [2.45, 2.75) is 32.4 Å². The molecule has 0 bridgehead atoms. The lowest BCUT2D eigenvalue weighted by atomic mass is 10.1. The SMILES string of the molecule is CC(NC(=O)c1ccc(N2CCCC2=O)cc1)C(=O)NCc1ccco1. The van der Waals surface area contributed by atoms with E-state index < -0.39 is 6.04 Å². The topological polar surface area (TPSA) is 91.7 Å². The van der Waals surface area contributed by atoms with Crippen molar-refractivity contribution in [1.29, 1.82) is 0 Å². The molecule has 136 valence electrons. The van der Waals surface area contributed by atoms with E-state index in [1.165, 1.54) is 6.26 Å². The number of carbonyl (C=O) groups is 3. The van der Waals surface area contributed by atoms with E-state index in [0.717, 1.165) is 12.1 Å². The highest BCUT2D eigenvalue weighted by Gasteiger charge is 2.22. The third-order valence-electron chi connectivity index (χ3n) is 4.27. The molecule has 1 aromatic heterocycles. The van der Waals surface area contributed by atoms with Gasteiger partial charge in [-0.3, -0.25) is 14.4 Å². The molecule has 2 N–H and O–H groups in total. The van der Waals surface area contributed by atoms with Gasteiger partial charge in [0.25, 0.3) is 5.91 Å². The standard InChI is InChI=1S/C19H21N3O4/c1-13(18(24)20-12-16-4-3-11-26-16)21-19(25)14-6-8-15(9-7-14)22-10-2-5-17(22)23/h3-4,6-9,11,13H,2,5,10,12H2,1H3,(H,20,24)(H,21,25). The molecule has 1 saturated heterocycles. The van der Waals surface area contributed by atoms with Crippen LogP contribution in [0, 0.1) is 0 Å². The van der Waals surface area contributed by atoms with E-state index in [9.17, 15) is 14.4 Å². The lowest BCUT2D eigenvalue weighted by molar-refractivity contribution is -0.122. The van der Waals surface area contributed by atoms with Gasteiger partial charge in [-0.2, -0.15) is 0 Å². The highest BCUT2D eigenvalue weighted by molar-refractivity contribution is 5.99. The maximum absolute atomic E-state index is 12.3. The van der Waals surface area contributed by atoms with E-state index in [1.807, 2.05) is 0 Å². The van der Waals surface area contributed by atoms with Crippen molar-refractivity contribution >= 4 is 23.4 Å². The third kappa shape index (κ3) is 4.11. The maximum atomic E-state index is 12.3. The van der Waals surface area contributed by atoms with Crippen LogP contribution in [0.15, 0.2) is 47.1 Å². The molecule has 0 saturated carbocycles. The number of rotatable bonds is 6. The molecule has 1 atom stereocenters. The van der Waals surface area contributed by atoms with E-state index in [-0.39, 0.29) is 24.3 Å². The second kappa shape index (κ2) is 7.86. The highest BCUT2D eigenvalue weighted by Crippen LogP contribution is 2.21. The first-order chi connectivity index (χ1) is 12.5. The van der Waals surface area contributed by atoms with Crippen molar-refractivity contribution in [2.24, 2.45) is 0 Å². The van der Waals surface area contributed by atoms with Crippen LogP contribution in [0.25, 0.3) is 0 Å². The number of nitrogens with zero attached hydrogens (tertiary/aromatic N) is 1. The number of furan rings is 1. The zero-order valence-electron chi connectivity index (χ0n) is 14.5. The van der Waals surface area contributed by atoms with Crippen molar-refractivity contribution < 1.29 is 18.8 Å². The quantitative estimate of drug-likeness (QED) is 0.827. The summed E-state index contributed by atoms with van der Waals surface area (Å²) in [7, 11) is 0. The summed E-state index contributed by atoms with van der Waals surface area (Å²) in [5.41, 5.74) is 1.22. The monoisotopic (exact) mass is 355 g/mol. The lowest BCUT2D eigenvalue weighted by Crippen LogP contribution is -2.44. The van der Waals surface area contributed by atoms with Gasteiger partial charge in [0.05, 0.1) is 12.8 Å². The molecule has 1 aliphatic heterocycles. The minimum atomic E-state index is -0.683. The van der Waals surface area contributed by atoms with Crippen LogP contribution in [-0.4, -0.2) is 30.3 Å². The van der Waals surface area contributed by atoms with E-state index >= 15 is 0 Å². The summed E-state index contributed by atoms with van der Waals surface area (Å²) < 4.78 is 5.14. The molecule has 0 spiro atoms. The Morgan fingerprint density at radius 3 is 2.62 bits per heavy atom. The second-order valence-corrected chi connectivity index (χ2v) is 6.19. The summed E-state index contributed by atoms with van der Waals surface area (Å²) >= 11 is 0. The number of benzene rings is 1. The van der Waals surface area contributed by atoms with Crippen molar-refractivity contribution in [3.05, 3.63) is 54.0 Å². The molecule has 2 heterocycles. The second-order valence-electron chi connectivity index (χ2n) is 6.19. The molecular formula is C19H21N3O4. The van der Waals surface area contributed by atoms with Crippen LogP contribution in [0.1, 0.15) is 35.9 Å². The molecule has 2 aromatic rings. The van der Waals surface area contributed by atoms with E-state index in [0.29, 0.717) is 24.3 Å². The van der Waals surface area contributed by atoms with Crippen LogP contribution in [0.4, 0.5) is 5.69 Å². The van der Waals surface area contributed by atoms with Gasteiger partial charge in [-0.1, -0.05) is 0 Å². The number of nitrogens with one attached hydrogen (secondary N) is 2. The Hall–Kier alpha value is -3.09. The van der Waals surface area contributed by atoms with Gasteiger partial charge in [0.15, 0.2) is 0 Å². The molecule has 3 rings (SSSR count). The first kappa shape index (κ1) is 17.7. The molecule has 26 heavy (non-hydrogen) atoms. The van der Waals surface area contributed by atoms with Gasteiger partial charge >= 0.3 is 0 Å². The number of carbonyl (C=O) groups excluding carboxylic acids is 3. The minimum absolute atomic E-state index is 0.101. The van der Waals surface area contributed by atoms with Gasteiger partial charge < -0.3 is 20.0 Å². The molecule has 7 nitrogen and oxygen atoms in total. The normalized spacial score (nSPS) is 15.0. The van der Waals surface area contributed by atoms with Crippen LogP contribution in [0.5, 0.6) is 0 Å². The number of anilines is 1. The Bertz CT molecular complexity index is 784. The molecule has 0 radical (unpaired) electrons. The molecular weight excluding hydrogens is 334 g/mol. The van der Waals surface area contributed by atoms with Crippen molar-refractivity contribution in [1.82, 2.24) is 10.6 Å². The Kier molecular flexibility index (Phi) is 5.36. The fourth-order valence-electron chi connectivity index (χ4n) is 2.80. The van der Waals surface area contributed by atoms with E-state index in [1.54, 1.807) is 48.2 Å². The molecule has 1 aliphatic rings. The van der Waals surface area contributed by atoms with Gasteiger partial charge in [-0.05, 0) is 49.7 Å². The van der Waals surface area contributed by atoms with Crippen LogP contribution >= 0.6 is 0 Å². The molecule has 3 amide bonds. The van der Waals surface area contributed by atoms with Crippen LogP contribution < -0.4 is 15.5 Å². The fraction of sp³-hybridized carbons (Fsp3) is 0.316. The molecule has 0 aliphatic carbocycles. The highest BCUT2D eigenvalue weighted by atomic mass is 16.3. The largest absolute Gasteiger partial charge is 0.467 e. The zero-order valence-corrected chi connectivity index (χ0v) is 14.5. The fourth-order valence-corrected chi connectivity index (χ4v) is 2.80. The van der Waals surface area contributed by atoms with Crippen LogP contribution in [0.2, 0.25) is 0 Å². The Morgan fingerprint density at radius 2 is 2.00 bits per heavy atom. The Balaban J connectivity index is 1.53. The Labute approximate surface area is 151 Å². The lowest BCUT2D eigenvalue weighted by Gasteiger charge is -2.17. The van der Waals surface area contributed by atoms with Crippen molar-refractivity contribution in [3.8, 4) is 0 Å². The third-order valence-corrected chi connectivity index (χ3v) is 4.27. The summed E-state index contributed by atoms with van der Waals surface area (Å²) in [6, 6.07) is 9.63. The molecule has 1 aromatic carbocycles. The summed E-state index contributed by atoms with van der Waals surface area (Å²) in [4.78, 5) is 37.8. The molecule has 7 heteroatoms. The smallest absolute Gasteiger partial charge is 0.251 e. The predicted octanol–water partition coefficient (Wildman–Crippen LogP) is 1.84. The van der Waals surface area contributed by atoms with Crippen LogP contribution in [0.3, 0.4) is 0 Å². The number of hydrogen-bond donors (Lipinski definition) is 2. The Morgan fingerprint density at radius 1 is 1.23 bits per heavy atom. The van der Waals surface area contributed by atoms with Gasteiger partial charge in [-0.25, -0.2) is 0 Å². The first-order valence-electron chi connectivity index (χ1n) is 8.56.